The summed E-state index contributed by atoms with van der Waals surface area (Å²) in [5.41, 5.74) is 1.59. The first-order chi connectivity index (χ1) is 9.67. The fourth-order valence-electron chi connectivity index (χ4n) is 2.96. The van der Waals surface area contributed by atoms with Gasteiger partial charge in [0.2, 0.25) is 0 Å². The van der Waals surface area contributed by atoms with Crippen LogP contribution in [-0.2, 0) is 6.54 Å². The summed E-state index contributed by atoms with van der Waals surface area (Å²) in [6.45, 7) is 3.13. The monoisotopic (exact) mass is 352 g/mol. The van der Waals surface area contributed by atoms with E-state index in [1.54, 1.807) is 0 Å². The smallest absolute Gasteiger partial charge is 0.157 e. The lowest BCUT2D eigenvalue weighted by atomic mass is 9.78. The van der Waals surface area contributed by atoms with E-state index < -0.39 is 0 Å². The Balaban J connectivity index is 1.62. The molecule has 0 unspecified atom stereocenters. The molecule has 1 aromatic carbocycles. The number of nitrogens with one attached hydrogen (secondary N) is 1. The second-order valence-electron chi connectivity index (χ2n) is 6.09. The van der Waals surface area contributed by atoms with Gasteiger partial charge in [-0.15, -0.1) is 0 Å². The van der Waals surface area contributed by atoms with Crippen molar-refractivity contribution in [3.63, 3.8) is 0 Å². The normalized spacial score (nSPS) is 31.7. The first-order valence-corrected chi connectivity index (χ1v) is 9.14. The maximum absolute atomic E-state index is 4.76. The van der Waals surface area contributed by atoms with Crippen LogP contribution in [0.25, 0.3) is 0 Å². The number of thioether (sulfide) groups is 1. The number of hydrogen-bond donors (Lipinski definition) is 1. The zero-order chi connectivity index (χ0) is 14.0. The molecule has 0 atom stereocenters. The van der Waals surface area contributed by atoms with Crippen molar-refractivity contribution in [1.82, 2.24) is 5.32 Å². The van der Waals surface area contributed by atoms with Crippen molar-refractivity contribution < 1.29 is 0 Å². The molecule has 1 aliphatic heterocycles. The number of amidine groups is 1. The van der Waals surface area contributed by atoms with Crippen LogP contribution in [0.4, 0.5) is 0 Å². The molecule has 1 spiro atoms. The van der Waals surface area contributed by atoms with Gasteiger partial charge in [-0.3, -0.25) is 4.99 Å². The molecule has 3 rings (SSSR count). The number of halogens is 1. The van der Waals surface area contributed by atoms with Crippen molar-refractivity contribution in [2.75, 3.05) is 5.75 Å². The Morgan fingerprint density at radius 1 is 1.35 bits per heavy atom. The number of hydrogen-bond acceptors (Lipinski definition) is 2. The van der Waals surface area contributed by atoms with E-state index >= 15 is 0 Å². The molecule has 0 aromatic heterocycles. The molecule has 1 aromatic rings. The van der Waals surface area contributed by atoms with Gasteiger partial charge in [-0.2, -0.15) is 0 Å². The van der Waals surface area contributed by atoms with Gasteiger partial charge in [0.25, 0.3) is 0 Å². The van der Waals surface area contributed by atoms with Gasteiger partial charge in [-0.05, 0) is 43.2 Å². The predicted molar refractivity (Wildman–Crippen MR) is 91.2 cm³/mol. The Bertz CT molecular complexity index is 507. The molecular formula is C16H21BrN2S. The standard InChI is InChI=1S/C16H21BrN2S/c1-12-6-8-16(9-7-12)11-20-15(19-16)18-10-13-4-2-3-5-14(13)17/h2-5,12H,6-11H2,1H3,(H,18,19). The number of aliphatic imine (C=N–C) groups is 1. The number of nitrogens with zero attached hydrogens (tertiary/aromatic N) is 1. The highest BCUT2D eigenvalue weighted by Gasteiger charge is 2.39. The summed E-state index contributed by atoms with van der Waals surface area (Å²) in [7, 11) is 0. The van der Waals surface area contributed by atoms with Crippen LogP contribution in [-0.4, -0.2) is 16.5 Å². The van der Waals surface area contributed by atoms with Crippen LogP contribution < -0.4 is 5.32 Å². The molecule has 2 fully saturated rings. The van der Waals surface area contributed by atoms with Crippen molar-refractivity contribution in [3.8, 4) is 0 Å². The van der Waals surface area contributed by atoms with Crippen LogP contribution in [0.1, 0.15) is 38.2 Å². The van der Waals surface area contributed by atoms with Crippen LogP contribution in [0.3, 0.4) is 0 Å². The minimum absolute atomic E-state index is 0.337. The van der Waals surface area contributed by atoms with Crippen molar-refractivity contribution >= 4 is 32.9 Å². The minimum atomic E-state index is 0.337. The van der Waals surface area contributed by atoms with E-state index in [1.165, 1.54) is 37.0 Å². The van der Waals surface area contributed by atoms with Gasteiger partial charge in [0.05, 0.1) is 6.54 Å². The molecule has 4 heteroatoms. The third-order valence-electron chi connectivity index (χ3n) is 4.44. The first kappa shape index (κ1) is 14.5. The predicted octanol–water partition coefficient (Wildman–Crippen LogP) is 4.59. The molecule has 1 saturated carbocycles. The Kier molecular flexibility index (Phi) is 4.41. The summed E-state index contributed by atoms with van der Waals surface area (Å²) >= 11 is 5.48. The Morgan fingerprint density at radius 3 is 2.85 bits per heavy atom. The van der Waals surface area contributed by atoms with Crippen molar-refractivity contribution in [3.05, 3.63) is 34.3 Å². The van der Waals surface area contributed by atoms with E-state index in [2.05, 4.69) is 46.4 Å². The van der Waals surface area contributed by atoms with Crippen LogP contribution in [0.5, 0.6) is 0 Å². The molecule has 1 heterocycles. The Hall–Kier alpha value is -0.480. The summed E-state index contributed by atoms with van der Waals surface area (Å²) in [4.78, 5) is 4.76. The van der Waals surface area contributed by atoms with Crippen molar-refractivity contribution in [2.24, 2.45) is 10.9 Å². The SMILES string of the molecule is CC1CCC2(CC1)CSC(=NCc1ccccc1Br)N2. The quantitative estimate of drug-likeness (QED) is 0.841. The largest absolute Gasteiger partial charge is 0.359 e. The summed E-state index contributed by atoms with van der Waals surface area (Å²) in [5.74, 6) is 2.09. The molecule has 20 heavy (non-hydrogen) atoms. The van der Waals surface area contributed by atoms with Gasteiger partial charge in [-0.25, -0.2) is 0 Å². The van der Waals surface area contributed by atoms with Gasteiger partial charge in [0.15, 0.2) is 5.17 Å². The molecule has 0 amide bonds. The molecule has 2 nitrogen and oxygen atoms in total. The van der Waals surface area contributed by atoms with Crippen LogP contribution in [0.2, 0.25) is 0 Å². The van der Waals surface area contributed by atoms with E-state index in [0.717, 1.165) is 22.1 Å². The average Bonchev–Trinajstić information content (AvgIpc) is 2.85. The molecule has 0 radical (unpaired) electrons. The van der Waals surface area contributed by atoms with Gasteiger partial charge in [0.1, 0.15) is 0 Å². The fraction of sp³-hybridized carbons (Fsp3) is 0.562. The number of benzene rings is 1. The van der Waals surface area contributed by atoms with Gasteiger partial charge in [0, 0.05) is 15.8 Å². The van der Waals surface area contributed by atoms with E-state index in [-0.39, 0.29) is 0 Å². The highest BCUT2D eigenvalue weighted by Crippen LogP contribution is 2.38. The van der Waals surface area contributed by atoms with Gasteiger partial charge >= 0.3 is 0 Å². The maximum Gasteiger partial charge on any atom is 0.157 e. The van der Waals surface area contributed by atoms with Gasteiger partial charge < -0.3 is 5.32 Å². The fourth-order valence-corrected chi connectivity index (χ4v) is 4.59. The van der Waals surface area contributed by atoms with Crippen LogP contribution >= 0.6 is 27.7 Å². The van der Waals surface area contributed by atoms with E-state index in [1.807, 2.05) is 17.8 Å². The molecule has 1 aliphatic carbocycles. The summed E-state index contributed by atoms with van der Waals surface area (Å²) < 4.78 is 1.15. The topological polar surface area (TPSA) is 24.4 Å². The van der Waals surface area contributed by atoms with Gasteiger partial charge in [-0.1, -0.05) is 52.8 Å². The third kappa shape index (κ3) is 3.22. The van der Waals surface area contributed by atoms with Crippen LogP contribution in [0.15, 0.2) is 33.7 Å². The molecule has 1 N–H and O–H groups in total. The summed E-state index contributed by atoms with van der Waals surface area (Å²) in [6, 6.07) is 8.32. The van der Waals surface area contributed by atoms with E-state index in [4.69, 9.17) is 4.99 Å². The lowest BCUT2D eigenvalue weighted by molar-refractivity contribution is 0.251. The molecule has 2 aliphatic rings. The minimum Gasteiger partial charge on any atom is -0.359 e. The molecule has 0 bridgehead atoms. The maximum atomic E-state index is 4.76. The Morgan fingerprint density at radius 2 is 2.10 bits per heavy atom. The van der Waals surface area contributed by atoms with Crippen LogP contribution in [0, 0.1) is 5.92 Å². The second-order valence-corrected chi connectivity index (χ2v) is 7.91. The number of rotatable bonds is 2. The zero-order valence-corrected chi connectivity index (χ0v) is 14.3. The molecule has 108 valence electrons. The molecule has 1 saturated heterocycles. The summed E-state index contributed by atoms with van der Waals surface area (Å²) in [6.07, 6.45) is 5.31. The highest BCUT2D eigenvalue weighted by atomic mass is 79.9. The Labute approximate surface area is 134 Å². The third-order valence-corrected chi connectivity index (χ3v) is 6.41. The zero-order valence-electron chi connectivity index (χ0n) is 11.9. The lowest BCUT2D eigenvalue weighted by Gasteiger charge is -2.35. The van der Waals surface area contributed by atoms with Crippen molar-refractivity contribution in [2.45, 2.75) is 44.7 Å². The first-order valence-electron chi connectivity index (χ1n) is 7.36. The van der Waals surface area contributed by atoms with E-state index in [0.29, 0.717) is 5.54 Å². The lowest BCUT2D eigenvalue weighted by Crippen LogP contribution is -2.46. The van der Waals surface area contributed by atoms with Crippen molar-refractivity contribution in [1.29, 1.82) is 0 Å². The van der Waals surface area contributed by atoms with E-state index in [9.17, 15) is 0 Å². The summed E-state index contributed by atoms with van der Waals surface area (Å²) in [5, 5.41) is 4.85. The highest BCUT2D eigenvalue weighted by molar-refractivity contribution is 9.10. The second kappa shape index (κ2) is 6.10. The average molecular weight is 353 g/mol. The molecular weight excluding hydrogens is 332 g/mol.